The highest BCUT2D eigenvalue weighted by atomic mass is 79.9. The van der Waals surface area contributed by atoms with E-state index in [0.29, 0.717) is 46.1 Å². The van der Waals surface area contributed by atoms with E-state index in [9.17, 15) is 10.1 Å². The summed E-state index contributed by atoms with van der Waals surface area (Å²) in [6, 6.07) is 13.1. The van der Waals surface area contributed by atoms with E-state index in [0.717, 1.165) is 16.3 Å². The van der Waals surface area contributed by atoms with Gasteiger partial charge in [-0.25, -0.2) is 0 Å². The Balaban J connectivity index is 1.68. The highest BCUT2D eigenvalue weighted by Crippen LogP contribution is 2.37. The van der Waals surface area contributed by atoms with Gasteiger partial charge in [0.05, 0.1) is 11.6 Å². The zero-order valence-corrected chi connectivity index (χ0v) is 22.3. The van der Waals surface area contributed by atoms with Crippen LogP contribution in [0.15, 0.2) is 59.1 Å². The van der Waals surface area contributed by atoms with Crippen LogP contribution in [0.5, 0.6) is 17.2 Å². The monoisotopic (exact) mass is 568 g/mol. The summed E-state index contributed by atoms with van der Waals surface area (Å²) >= 11 is 4.76. The maximum absolute atomic E-state index is 12.6. The number of aryl methyl sites for hydroxylation is 1. The second kappa shape index (κ2) is 13.4. The number of hydrogen-bond donors (Lipinski definition) is 1. The van der Waals surface area contributed by atoms with Crippen molar-refractivity contribution < 1.29 is 19.0 Å². The van der Waals surface area contributed by atoms with E-state index in [2.05, 4.69) is 38.0 Å². The Kier molecular flexibility index (Phi) is 10.0. The third-order valence-corrected chi connectivity index (χ3v) is 6.41. The third-order valence-electron chi connectivity index (χ3n) is 4.84. The maximum Gasteiger partial charge on any atom is 0.268 e. The van der Waals surface area contributed by atoms with Crippen LogP contribution in [0.25, 0.3) is 6.08 Å². The van der Waals surface area contributed by atoms with Gasteiger partial charge < -0.3 is 14.2 Å². The third kappa shape index (κ3) is 7.16. The average Bonchev–Trinajstić information content (AvgIpc) is 3.34. The molecule has 1 amide bonds. The first-order chi connectivity index (χ1) is 17.5. The number of carbonyl (C=O) groups excluding carboxylic acids is 1. The van der Waals surface area contributed by atoms with Crippen LogP contribution in [0.4, 0.5) is 5.13 Å². The molecule has 10 heteroatoms. The van der Waals surface area contributed by atoms with Crippen LogP contribution < -0.4 is 19.5 Å². The second-order valence-electron chi connectivity index (χ2n) is 7.31. The topological polar surface area (TPSA) is 106 Å². The molecule has 186 valence electrons. The lowest BCUT2D eigenvalue weighted by Gasteiger charge is -2.15. The highest BCUT2D eigenvalue weighted by molar-refractivity contribution is 9.10. The van der Waals surface area contributed by atoms with Gasteiger partial charge in [0.25, 0.3) is 5.91 Å². The molecule has 0 aliphatic heterocycles. The molecule has 36 heavy (non-hydrogen) atoms. The predicted molar refractivity (Wildman–Crippen MR) is 144 cm³/mol. The van der Waals surface area contributed by atoms with Gasteiger partial charge in [-0.15, -0.1) is 16.8 Å². The SMILES string of the molecule is C=CCc1ccccc1OCCOc1c(Br)cc(C=C(C#N)C(=O)Nc2nnc(CC)s2)cc1OC. The van der Waals surface area contributed by atoms with Gasteiger partial charge in [0.1, 0.15) is 35.6 Å². The van der Waals surface area contributed by atoms with E-state index in [-0.39, 0.29) is 12.2 Å². The van der Waals surface area contributed by atoms with Crippen molar-refractivity contribution in [2.45, 2.75) is 19.8 Å². The summed E-state index contributed by atoms with van der Waals surface area (Å²) in [5, 5.41) is 21.2. The van der Waals surface area contributed by atoms with Crippen molar-refractivity contribution in [3.05, 3.63) is 75.2 Å². The quantitative estimate of drug-likeness (QED) is 0.131. The summed E-state index contributed by atoms with van der Waals surface area (Å²) in [6.45, 7) is 6.33. The summed E-state index contributed by atoms with van der Waals surface area (Å²) in [5.74, 6) is 1.15. The summed E-state index contributed by atoms with van der Waals surface area (Å²) in [6.07, 6.45) is 4.73. The molecule has 0 aliphatic carbocycles. The Labute approximate surface area is 222 Å². The van der Waals surface area contributed by atoms with Crippen molar-refractivity contribution in [1.29, 1.82) is 5.26 Å². The first kappa shape index (κ1) is 26.9. The van der Waals surface area contributed by atoms with E-state index in [1.807, 2.05) is 43.3 Å². The van der Waals surface area contributed by atoms with Crippen LogP contribution in [0.2, 0.25) is 0 Å². The number of allylic oxidation sites excluding steroid dienone is 1. The maximum atomic E-state index is 12.6. The molecular formula is C26H25BrN4O4S. The van der Waals surface area contributed by atoms with Crippen LogP contribution in [0.1, 0.15) is 23.1 Å². The van der Waals surface area contributed by atoms with Gasteiger partial charge in [0.15, 0.2) is 11.5 Å². The Bertz CT molecular complexity index is 1300. The second-order valence-corrected chi connectivity index (χ2v) is 9.23. The molecule has 0 saturated carbocycles. The van der Waals surface area contributed by atoms with E-state index < -0.39 is 5.91 Å². The number of methoxy groups -OCH3 is 1. The number of anilines is 1. The summed E-state index contributed by atoms with van der Waals surface area (Å²) < 4.78 is 17.9. The first-order valence-electron chi connectivity index (χ1n) is 11.1. The normalized spacial score (nSPS) is 10.9. The predicted octanol–water partition coefficient (Wildman–Crippen LogP) is 5.60. The average molecular weight is 569 g/mol. The molecule has 2 aromatic carbocycles. The van der Waals surface area contributed by atoms with Gasteiger partial charge in [-0.05, 0) is 64.2 Å². The number of para-hydroxylation sites is 1. The Morgan fingerprint density at radius 2 is 2.00 bits per heavy atom. The number of aromatic nitrogens is 2. The Morgan fingerprint density at radius 3 is 2.69 bits per heavy atom. The molecule has 0 radical (unpaired) electrons. The van der Waals surface area contributed by atoms with Gasteiger partial charge in [0.2, 0.25) is 5.13 Å². The molecular weight excluding hydrogens is 544 g/mol. The highest BCUT2D eigenvalue weighted by Gasteiger charge is 2.15. The summed E-state index contributed by atoms with van der Waals surface area (Å²) in [4.78, 5) is 12.6. The molecule has 3 rings (SSSR count). The lowest BCUT2D eigenvalue weighted by molar-refractivity contribution is -0.112. The zero-order valence-electron chi connectivity index (χ0n) is 19.9. The van der Waals surface area contributed by atoms with Crippen molar-refractivity contribution in [1.82, 2.24) is 10.2 Å². The molecule has 0 saturated heterocycles. The summed E-state index contributed by atoms with van der Waals surface area (Å²) in [7, 11) is 1.52. The van der Waals surface area contributed by atoms with Crippen molar-refractivity contribution in [2.75, 3.05) is 25.6 Å². The minimum absolute atomic E-state index is 0.0857. The number of rotatable bonds is 12. The van der Waals surface area contributed by atoms with E-state index in [1.165, 1.54) is 24.5 Å². The first-order valence-corrected chi connectivity index (χ1v) is 12.7. The fourth-order valence-electron chi connectivity index (χ4n) is 3.15. The van der Waals surface area contributed by atoms with Gasteiger partial charge in [-0.3, -0.25) is 10.1 Å². The van der Waals surface area contributed by atoms with Crippen molar-refractivity contribution in [3.63, 3.8) is 0 Å². The minimum Gasteiger partial charge on any atom is -0.493 e. The van der Waals surface area contributed by atoms with Gasteiger partial charge in [-0.2, -0.15) is 5.26 Å². The minimum atomic E-state index is -0.569. The molecule has 1 heterocycles. The number of nitrogens with one attached hydrogen (secondary N) is 1. The van der Waals surface area contributed by atoms with E-state index >= 15 is 0 Å². The number of nitrogens with zero attached hydrogens (tertiary/aromatic N) is 3. The molecule has 0 atom stereocenters. The van der Waals surface area contributed by atoms with Crippen molar-refractivity contribution in [3.8, 4) is 23.3 Å². The molecule has 3 aromatic rings. The van der Waals surface area contributed by atoms with E-state index in [1.54, 1.807) is 12.1 Å². The van der Waals surface area contributed by atoms with E-state index in [4.69, 9.17) is 14.2 Å². The van der Waals surface area contributed by atoms with Crippen LogP contribution in [-0.2, 0) is 17.6 Å². The van der Waals surface area contributed by atoms with Gasteiger partial charge >= 0.3 is 0 Å². The van der Waals surface area contributed by atoms with Gasteiger partial charge in [0, 0.05) is 0 Å². The van der Waals surface area contributed by atoms with Crippen LogP contribution in [0, 0.1) is 11.3 Å². The molecule has 0 unspecified atom stereocenters. The molecule has 1 aromatic heterocycles. The van der Waals surface area contributed by atoms with Crippen LogP contribution in [-0.4, -0.2) is 36.4 Å². The fourth-order valence-corrected chi connectivity index (χ4v) is 4.40. The molecule has 8 nitrogen and oxygen atoms in total. The molecule has 0 spiro atoms. The lowest BCUT2D eigenvalue weighted by atomic mass is 10.1. The van der Waals surface area contributed by atoms with Crippen LogP contribution >= 0.6 is 27.3 Å². The summed E-state index contributed by atoms with van der Waals surface area (Å²) in [5.41, 5.74) is 1.55. The van der Waals surface area contributed by atoms with Crippen molar-refractivity contribution in [2.24, 2.45) is 0 Å². The lowest BCUT2D eigenvalue weighted by Crippen LogP contribution is -2.13. The number of ether oxygens (including phenoxy) is 3. The van der Waals surface area contributed by atoms with Crippen LogP contribution in [0.3, 0.4) is 0 Å². The fraction of sp³-hybridized carbons (Fsp3) is 0.231. The molecule has 0 fully saturated rings. The Hall–Kier alpha value is -3.68. The molecule has 1 N–H and O–H groups in total. The standard InChI is InChI=1S/C26H25BrN4O4S/c1-4-8-18-9-6-7-10-21(18)34-11-12-35-24-20(27)14-17(15-22(24)33-3)13-19(16-28)25(32)29-26-31-30-23(5-2)36-26/h4,6-7,9-10,13-15H,1,5,8,11-12H2,2-3H3,(H,29,31,32). The number of nitriles is 1. The zero-order chi connectivity index (χ0) is 25.9. The smallest absolute Gasteiger partial charge is 0.268 e. The molecule has 0 bridgehead atoms. The number of hydrogen-bond acceptors (Lipinski definition) is 8. The Morgan fingerprint density at radius 1 is 1.22 bits per heavy atom. The number of amides is 1. The number of halogens is 1. The molecule has 0 aliphatic rings. The van der Waals surface area contributed by atoms with Gasteiger partial charge in [-0.1, -0.05) is 42.5 Å². The van der Waals surface area contributed by atoms with Crippen molar-refractivity contribution >= 4 is 44.4 Å². The number of benzene rings is 2. The largest absolute Gasteiger partial charge is 0.493 e. The number of carbonyl (C=O) groups is 1.